The van der Waals surface area contributed by atoms with E-state index in [4.69, 9.17) is 4.74 Å². The highest BCUT2D eigenvalue weighted by molar-refractivity contribution is 7.92. The first-order chi connectivity index (χ1) is 11.5. The van der Waals surface area contributed by atoms with Crippen LogP contribution in [0.15, 0.2) is 53.4 Å². The molecule has 6 nitrogen and oxygen atoms in total. The fraction of sp³-hybridized carbons (Fsp3) is 0.235. The van der Waals surface area contributed by atoms with Crippen molar-refractivity contribution in [1.29, 1.82) is 0 Å². The molecule has 1 aliphatic heterocycles. The number of carbonyl (C=O) groups excluding carboxylic acids is 1. The number of methoxy groups -OCH3 is 1. The standard InChI is InChI=1S/C17H18N2O4S/c1-23-15-5-2-4-13(12-15)18-24(21,22)16-9-7-14(8-10-16)19-11-3-6-17(19)20/h2,4-5,7-10,12,18H,3,6,11H2,1H3. The van der Waals surface area contributed by atoms with Crippen molar-refractivity contribution in [1.82, 2.24) is 0 Å². The Hall–Kier alpha value is -2.54. The van der Waals surface area contributed by atoms with Crippen LogP contribution in [0.4, 0.5) is 11.4 Å². The van der Waals surface area contributed by atoms with Gasteiger partial charge in [0.2, 0.25) is 5.91 Å². The SMILES string of the molecule is COc1cccc(NS(=O)(=O)c2ccc(N3CCCC3=O)cc2)c1. The maximum absolute atomic E-state index is 12.5. The van der Waals surface area contributed by atoms with Crippen molar-refractivity contribution < 1.29 is 17.9 Å². The topological polar surface area (TPSA) is 75.7 Å². The first kappa shape index (κ1) is 16.3. The van der Waals surface area contributed by atoms with Crippen molar-refractivity contribution in [3.8, 4) is 5.75 Å². The van der Waals surface area contributed by atoms with Gasteiger partial charge in [0.05, 0.1) is 17.7 Å². The molecule has 0 saturated carbocycles. The Morgan fingerprint density at radius 3 is 2.50 bits per heavy atom. The third-order valence-electron chi connectivity index (χ3n) is 3.85. The molecule has 0 spiro atoms. The second kappa shape index (κ2) is 6.52. The number of nitrogens with one attached hydrogen (secondary N) is 1. The molecule has 126 valence electrons. The molecule has 0 unspecified atom stereocenters. The first-order valence-corrected chi connectivity index (χ1v) is 9.05. The molecule has 2 aromatic carbocycles. The largest absolute Gasteiger partial charge is 0.497 e. The second-order valence-electron chi connectivity index (χ2n) is 5.48. The average Bonchev–Trinajstić information content (AvgIpc) is 3.01. The molecule has 24 heavy (non-hydrogen) atoms. The molecular formula is C17H18N2O4S. The van der Waals surface area contributed by atoms with E-state index in [0.717, 1.165) is 12.1 Å². The Balaban J connectivity index is 1.80. The molecule has 0 aliphatic carbocycles. The van der Waals surface area contributed by atoms with Gasteiger partial charge in [0.25, 0.3) is 10.0 Å². The highest BCUT2D eigenvalue weighted by Crippen LogP contribution is 2.25. The number of amides is 1. The molecular weight excluding hydrogens is 328 g/mol. The molecule has 1 heterocycles. The number of hydrogen-bond donors (Lipinski definition) is 1. The van der Waals surface area contributed by atoms with Crippen LogP contribution in [0.25, 0.3) is 0 Å². The summed E-state index contributed by atoms with van der Waals surface area (Å²) in [5.74, 6) is 0.637. The van der Waals surface area contributed by atoms with Crippen LogP contribution in [-0.4, -0.2) is 28.0 Å². The van der Waals surface area contributed by atoms with Gasteiger partial charge in [-0.15, -0.1) is 0 Å². The van der Waals surface area contributed by atoms with Gasteiger partial charge in [-0.2, -0.15) is 0 Å². The van der Waals surface area contributed by atoms with Gasteiger partial charge in [-0.3, -0.25) is 9.52 Å². The van der Waals surface area contributed by atoms with E-state index in [9.17, 15) is 13.2 Å². The van der Waals surface area contributed by atoms with Crippen LogP contribution >= 0.6 is 0 Å². The number of nitrogens with zero attached hydrogens (tertiary/aromatic N) is 1. The summed E-state index contributed by atoms with van der Waals surface area (Å²) in [6, 6.07) is 13.0. The lowest BCUT2D eigenvalue weighted by Gasteiger charge is -2.16. The van der Waals surface area contributed by atoms with Crippen molar-refractivity contribution in [2.75, 3.05) is 23.3 Å². The molecule has 0 bridgehead atoms. The molecule has 0 aromatic heterocycles. The first-order valence-electron chi connectivity index (χ1n) is 7.57. The van der Waals surface area contributed by atoms with E-state index in [1.54, 1.807) is 41.3 Å². The number of hydrogen-bond acceptors (Lipinski definition) is 4. The smallest absolute Gasteiger partial charge is 0.261 e. The van der Waals surface area contributed by atoms with Crippen LogP contribution in [0.5, 0.6) is 5.75 Å². The van der Waals surface area contributed by atoms with E-state index in [2.05, 4.69) is 4.72 Å². The zero-order chi connectivity index (χ0) is 17.2. The van der Waals surface area contributed by atoms with Crippen LogP contribution < -0.4 is 14.4 Å². The summed E-state index contributed by atoms with van der Waals surface area (Å²) in [6.45, 7) is 0.674. The molecule has 1 fully saturated rings. The van der Waals surface area contributed by atoms with E-state index in [1.165, 1.54) is 19.2 Å². The summed E-state index contributed by atoms with van der Waals surface area (Å²) >= 11 is 0. The van der Waals surface area contributed by atoms with Crippen LogP contribution in [0.1, 0.15) is 12.8 Å². The minimum atomic E-state index is -3.70. The van der Waals surface area contributed by atoms with Gasteiger partial charge in [-0.1, -0.05) is 6.07 Å². The highest BCUT2D eigenvalue weighted by atomic mass is 32.2. The van der Waals surface area contributed by atoms with Gasteiger partial charge in [-0.25, -0.2) is 8.42 Å². The number of sulfonamides is 1. The van der Waals surface area contributed by atoms with E-state index >= 15 is 0 Å². The van der Waals surface area contributed by atoms with Crippen LogP contribution in [-0.2, 0) is 14.8 Å². The molecule has 1 amide bonds. The Labute approximate surface area is 141 Å². The lowest BCUT2D eigenvalue weighted by molar-refractivity contribution is -0.117. The predicted molar refractivity (Wildman–Crippen MR) is 91.8 cm³/mol. The lowest BCUT2D eigenvalue weighted by Crippen LogP contribution is -2.23. The number of anilines is 2. The molecule has 0 atom stereocenters. The van der Waals surface area contributed by atoms with Gasteiger partial charge in [-0.05, 0) is 42.8 Å². The number of benzene rings is 2. The van der Waals surface area contributed by atoms with Gasteiger partial charge in [0.15, 0.2) is 0 Å². The van der Waals surface area contributed by atoms with Crippen molar-refractivity contribution in [3.63, 3.8) is 0 Å². The number of ether oxygens (including phenoxy) is 1. The minimum absolute atomic E-state index is 0.0695. The minimum Gasteiger partial charge on any atom is -0.497 e. The number of carbonyl (C=O) groups is 1. The van der Waals surface area contributed by atoms with Crippen molar-refractivity contribution in [2.24, 2.45) is 0 Å². The van der Waals surface area contributed by atoms with Gasteiger partial charge in [0, 0.05) is 24.7 Å². The third-order valence-corrected chi connectivity index (χ3v) is 5.25. The zero-order valence-electron chi connectivity index (χ0n) is 13.2. The maximum Gasteiger partial charge on any atom is 0.261 e. The second-order valence-corrected chi connectivity index (χ2v) is 7.16. The Kier molecular flexibility index (Phi) is 4.44. The van der Waals surface area contributed by atoms with Crippen molar-refractivity contribution in [2.45, 2.75) is 17.7 Å². The molecule has 1 aliphatic rings. The maximum atomic E-state index is 12.5. The van der Waals surface area contributed by atoms with Gasteiger partial charge in [0.1, 0.15) is 5.75 Å². The van der Waals surface area contributed by atoms with Crippen molar-refractivity contribution in [3.05, 3.63) is 48.5 Å². The normalized spacial score (nSPS) is 14.7. The lowest BCUT2D eigenvalue weighted by atomic mass is 10.3. The number of rotatable bonds is 5. The molecule has 2 aromatic rings. The van der Waals surface area contributed by atoms with E-state index in [1.807, 2.05) is 0 Å². The van der Waals surface area contributed by atoms with E-state index in [-0.39, 0.29) is 10.8 Å². The van der Waals surface area contributed by atoms with Crippen LogP contribution in [0.3, 0.4) is 0 Å². The summed E-state index contributed by atoms with van der Waals surface area (Å²) in [5.41, 5.74) is 1.14. The zero-order valence-corrected chi connectivity index (χ0v) is 14.0. The quantitative estimate of drug-likeness (QED) is 0.903. The predicted octanol–water partition coefficient (Wildman–Crippen LogP) is 2.62. The monoisotopic (exact) mass is 346 g/mol. The molecule has 0 radical (unpaired) electrons. The van der Waals surface area contributed by atoms with Gasteiger partial charge < -0.3 is 9.64 Å². The molecule has 1 N–H and O–H groups in total. The Bertz CT molecular complexity index is 847. The Morgan fingerprint density at radius 2 is 1.88 bits per heavy atom. The Morgan fingerprint density at radius 1 is 1.12 bits per heavy atom. The van der Waals surface area contributed by atoms with Crippen LogP contribution in [0.2, 0.25) is 0 Å². The molecule has 3 rings (SSSR count). The summed E-state index contributed by atoms with van der Waals surface area (Å²) in [7, 11) is -2.18. The summed E-state index contributed by atoms with van der Waals surface area (Å²) in [5, 5.41) is 0. The average molecular weight is 346 g/mol. The summed E-state index contributed by atoms with van der Waals surface area (Å²) < 4.78 is 32.5. The van der Waals surface area contributed by atoms with Gasteiger partial charge >= 0.3 is 0 Å². The molecule has 7 heteroatoms. The highest BCUT2D eigenvalue weighted by Gasteiger charge is 2.22. The van der Waals surface area contributed by atoms with Crippen LogP contribution in [0, 0.1) is 0 Å². The summed E-state index contributed by atoms with van der Waals surface area (Å²) in [4.78, 5) is 13.6. The molecule has 1 saturated heterocycles. The fourth-order valence-corrected chi connectivity index (χ4v) is 3.68. The summed E-state index contributed by atoms with van der Waals surface area (Å²) in [6.07, 6.45) is 1.37. The van der Waals surface area contributed by atoms with E-state index < -0.39 is 10.0 Å². The van der Waals surface area contributed by atoms with Crippen molar-refractivity contribution >= 4 is 27.3 Å². The third kappa shape index (κ3) is 3.35. The fourth-order valence-electron chi connectivity index (χ4n) is 2.63. The van der Waals surface area contributed by atoms with E-state index in [0.29, 0.717) is 24.4 Å².